The molecule has 1 fully saturated rings. The third-order valence-corrected chi connectivity index (χ3v) is 5.09. The summed E-state index contributed by atoms with van der Waals surface area (Å²) in [6, 6.07) is 7.65. The van der Waals surface area contributed by atoms with Gasteiger partial charge >= 0.3 is 6.03 Å². The van der Waals surface area contributed by atoms with Gasteiger partial charge in [0, 0.05) is 23.3 Å². The predicted molar refractivity (Wildman–Crippen MR) is 97.8 cm³/mol. The molecule has 2 heterocycles. The number of amides is 1. The summed E-state index contributed by atoms with van der Waals surface area (Å²) in [6.45, 7) is 8.66. The molecule has 1 amide bonds. The molecule has 0 aliphatic carbocycles. The molecule has 6 heteroatoms. The highest BCUT2D eigenvalue weighted by molar-refractivity contribution is 6.30. The lowest BCUT2D eigenvalue weighted by atomic mass is 9.86. The van der Waals surface area contributed by atoms with Gasteiger partial charge in [-0.15, -0.1) is 0 Å². The van der Waals surface area contributed by atoms with E-state index in [-0.39, 0.29) is 11.9 Å². The summed E-state index contributed by atoms with van der Waals surface area (Å²) in [5.41, 5.74) is -0.0753. The average Bonchev–Trinajstić information content (AvgIpc) is 3.15. The topological polar surface area (TPSA) is 47.4 Å². The van der Waals surface area contributed by atoms with Crippen LogP contribution in [-0.4, -0.2) is 38.4 Å². The fourth-order valence-electron chi connectivity index (χ4n) is 3.83. The van der Waals surface area contributed by atoms with E-state index in [4.69, 9.17) is 16.3 Å². The Morgan fingerprint density at radius 2 is 2.00 bits per heavy atom. The number of aromatic nitrogens is 2. The molecule has 0 N–H and O–H groups in total. The van der Waals surface area contributed by atoms with Gasteiger partial charge in [0.05, 0.1) is 12.1 Å². The fourth-order valence-corrected chi connectivity index (χ4v) is 3.96. The van der Waals surface area contributed by atoms with Crippen LogP contribution in [0.2, 0.25) is 5.02 Å². The largest absolute Gasteiger partial charge is 0.347 e. The zero-order valence-corrected chi connectivity index (χ0v) is 15.8. The summed E-state index contributed by atoms with van der Waals surface area (Å²) in [6.07, 6.45) is 5.63. The highest BCUT2D eigenvalue weighted by Crippen LogP contribution is 2.45. The molecule has 2 atom stereocenters. The maximum atomic E-state index is 13.1. The van der Waals surface area contributed by atoms with E-state index in [0.717, 1.165) is 12.0 Å². The summed E-state index contributed by atoms with van der Waals surface area (Å²) in [5.74, 6) is 0.0269. The molecule has 5 nitrogen and oxygen atoms in total. The van der Waals surface area contributed by atoms with Gasteiger partial charge in [-0.2, -0.15) is 0 Å². The quantitative estimate of drug-likeness (QED) is 0.807. The van der Waals surface area contributed by atoms with E-state index in [0.29, 0.717) is 11.6 Å². The minimum absolute atomic E-state index is 0.0269. The van der Waals surface area contributed by atoms with Crippen LogP contribution >= 0.6 is 11.6 Å². The number of ether oxygens (including phenoxy) is 1. The predicted octanol–water partition coefficient (Wildman–Crippen LogP) is 4.53. The number of hydrogen-bond acceptors (Lipinski definition) is 3. The summed E-state index contributed by atoms with van der Waals surface area (Å²) >= 11 is 6.04. The second-order valence-electron chi connectivity index (χ2n) is 7.27. The minimum Gasteiger partial charge on any atom is -0.347 e. The molecule has 0 saturated carbocycles. The van der Waals surface area contributed by atoms with E-state index in [9.17, 15) is 4.79 Å². The van der Waals surface area contributed by atoms with Crippen LogP contribution in [-0.2, 0) is 4.74 Å². The van der Waals surface area contributed by atoms with Gasteiger partial charge in [0.2, 0.25) is 0 Å². The zero-order valence-electron chi connectivity index (χ0n) is 15.1. The number of hydrogen-bond donors (Lipinski definition) is 0. The lowest BCUT2D eigenvalue weighted by Gasteiger charge is -2.40. The first kappa shape index (κ1) is 18.0. The molecule has 0 spiro atoms. The van der Waals surface area contributed by atoms with Crippen LogP contribution in [0.1, 0.15) is 45.6 Å². The lowest BCUT2D eigenvalue weighted by molar-refractivity contribution is -0.122. The SMILES string of the molecule is CCC(c1ccc(Cl)cc1)C1(C)OC(C)(C)CN1C(=O)n1ccnc1. The summed E-state index contributed by atoms with van der Waals surface area (Å²) in [5, 5.41) is 0.697. The maximum Gasteiger partial charge on any atom is 0.331 e. The van der Waals surface area contributed by atoms with Crippen molar-refractivity contribution in [3.05, 3.63) is 53.6 Å². The Labute approximate surface area is 153 Å². The van der Waals surface area contributed by atoms with Gasteiger partial charge in [-0.25, -0.2) is 9.78 Å². The molecule has 0 bridgehead atoms. The van der Waals surface area contributed by atoms with E-state index >= 15 is 0 Å². The van der Waals surface area contributed by atoms with Crippen molar-refractivity contribution < 1.29 is 9.53 Å². The number of carbonyl (C=O) groups is 1. The molecule has 25 heavy (non-hydrogen) atoms. The third kappa shape index (κ3) is 3.31. The Morgan fingerprint density at radius 1 is 1.32 bits per heavy atom. The van der Waals surface area contributed by atoms with Crippen LogP contribution < -0.4 is 0 Å². The Hall–Kier alpha value is -1.85. The second-order valence-corrected chi connectivity index (χ2v) is 7.70. The molecule has 134 valence electrons. The van der Waals surface area contributed by atoms with Crippen LogP contribution in [0.4, 0.5) is 4.79 Å². The third-order valence-electron chi connectivity index (χ3n) is 4.84. The first-order valence-electron chi connectivity index (χ1n) is 8.52. The van der Waals surface area contributed by atoms with Crippen molar-refractivity contribution in [2.75, 3.05) is 6.54 Å². The van der Waals surface area contributed by atoms with Crippen molar-refractivity contribution in [2.24, 2.45) is 0 Å². The van der Waals surface area contributed by atoms with E-state index in [1.54, 1.807) is 12.4 Å². The van der Waals surface area contributed by atoms with Crippen molar-refractivity contribution >= 4 is 17.6 Å². The van der Waals surface area contributed by atoms with E-state index < -0.39 is 11.3 Å². The first-order valence-corrected chi connectivity index (χ1v) is 8.90. The van der Waals surface area contributed by atoms with Crippen molar-refractivity contribution in [1.29, 1.82) is 0 Å². The highest BCUT2D eigenvalue weighted by atomic mass is 35.5. The Bertz CT molecular complexity index is 743. The maximum absolute atomic E-state index is 13.1. The summed E-state index contributed by atoms with van der Waals surface area (Å²) in [7, 11) is 0. The number of imidazole rings is 1. The lowest BCUT2D eigenvalue weighted by Crippen LogP contribution is -2.51. The van der Waals surface area contributed by atoms with Crippen LogP contribution in [0.25, 0.3) is 0 Å². The van der Waals surface area contributed by atoms with Crippen LogP contribution in [0, 0.1) is 0 Å². The molecule has 2 unspecified atom stereocenters. The minimum atomic E-state index is -0.757. The van der Waals surface area contributed by atoms with E-state index in [2.05, 4.69) is 11.9 Å². The molecular weight excluding hydrogens is 338 g/mol. The number of benzene rings is 1. The molecule has 1 saturated heterocycles. The molecule has 1 aromatic heterocycles. The molecule has 1 aliphatic rings. The van der Waals surface area contributed by atoms with Gasteiger partial charge in [0.1, 0.15) is 12.1 Å². The molecule has 0 radical (unpaired) electrons. The zero-order chi connectivity index (χ0) is 18.2. The molecule has 1 aromatic carbocycles. The van der Waals surface area contributed by atoms with Crippen molar-refractivity contribution in [3.8, 4) is 0 Å². The monoisotopic (exact) mass is 361 g/mol. The Kier molecular flexibility index (Phi) is 4.64. The van der Waals surface area contributed by atoms with E-state index in [1.165, 1.54) is 10.9 Å². The molecule has 2 aromatic rings. The summed E-state index contributed by atoms with van der Waals surface area (Å²) in [4.78, 5) is 18.9. The number of carbonyl (C=O) groups excluding carboxylic acids is 1. The van der Waals surface area contributed by atoms with Crippen LogP contribution in [0.5, 0.6) is 0 Å². The number of rotatable bonds is 3. The molecule has 1 aliphatic heterocycles. The van der Waals surface area contributed by atoms with Crippen molar-refractivity contribution in [3.63, 3.8) is 0 Å². The van der Waals surface area contributed by atoms with Crippen LogP contribution in [0.3, 0.4) is 0 Å². The molecule has 3 rings (SSSR count). The van der Waals surface area contributed by atoms with Gasteiger partial charge in [-0.3, -0.25) is 9.47 Å². The number of nitrogens with zero attached hydrogens (tertiary/aromatic N) is 3. The average molecular weight is 362 g/mol. The van der Waals surface area contributed by atoms with Gasteiger partial charge in [0.15, 0.2) is 0 Å². The van der Waals surface area contributed by atoms with Crippen LogP contribution in [0.15, 0.2) is 43.0 Å². The number of halogens is 1. The summed E-state index contributed by atoms with van der Waals surface area (Å²) < 4.78 is 7.94. The van der Waals surface area contributed by atoms with Crippen molar-refractivity contribution in [1.82, 2.24) is 14.5 Å². The normalized spacial score (nSPS) is 23.6. The Balaban J connectivity index is 2.01. The fraction of sp³-hybridized carbons (Fsp3) is 0.474. The van der Waals surface area contributed by atoms with Crippen molar-refractivity contribution in [2.45, 2.75) is 51.4 Å². The molecular formula is C19H24ClN3O2. The van der Waals surface area contributed by atoms with Gasteiger partial charge in [-0.05, 0) is 44.9 Å². The first-order chi connectivity index (χ1) is 11.8. The standard InChI is InChI=1S/C19H24ClN3O2/c1-5-16(14-6-8-15(20)9-7-14)19(4)23(12-18(2,3)25-19)17(24)22-11-10-21-13-22/h6-11,13,16H,5,12H2,1-4H3. The highest BCUT2D eigenvalue weighted by Gasteiger charge is 2.53. The van der Waals surface area contributed by atoms with Gasteiger partial charge in [0.25, 0.3) is 0 Å². The smallest absolute Gasteiger partial charge is 0.331 e. The second kappa shape index (κ2) is 6.46. The Morgan fingerprint density at radius 3 is 2.56 bits per heavy atom. The van der Waals surface area contributed by atoms with E-state index in [1.807, 2.05) is 49.9 Å². The van der Waals surface area contributed by atoms with Gasteiger partial charge in [-0.1, -0.05) is 30.7 Å². The van der Waals surface area contributed by atoms with Gasteiger partial charge < -0.3 is 4.74 Å².